The minimum atomic E-state index is -2.82. The number of alkyl halides is 2. The van der Waals surface area contributed by atoms with Gasteiger partial charge in [-0.25, -0.2) is 17.6 Å². The fourth-order valence-electron chi connectivity index (χ4n) is 2.15. The number of aromatic nitrogens is 4. The van der Waals surface area contributed by atoms with Gasteiger partial charge in [-0.05, 0) is 36.8 Å². The summed E-state index contributed by atoms with van der Waals surface area (Å²) in [6, 6.07) is 5.63. The van der Waals surface area contributed by atoms with Crippen LogP contribution in [0.3, 0.4) is 0 Å². The van der Waals surface area contributed by atoms with Crippen LogP contribution in [0, 0.1) is 11.6 Å². The molecule has 0 fully saturated rings. The molecule has 120 valence electrons. The highest BCUT2D eigenvalue weighted by Gasteiger charge is 2.17. The van der Waals surface area contributed by atoms with Crippen molar-refractivity contribution in [1.29, 1.82) is 0 Å². The third-order valence-electron chi connectivity index (χ3n) is 3.23. The molecule has 0 saturated heterocycles. The highest BCUT2D eigenvalue weighted by molar-refractivity contribution is 5.45. The first-order valence-electron chi connectivity index (χ1n) is 6.67. The zero-order valence-corrected chi connectivity index (χ0v) is 11.8. The molecule has 0 radical (unpaired) electrons. The summed E-state index contributed by atoms with van der Waals surface area (Å²) < 4.78 is 53.0. The van der Waals surface area contributed by atoms with Crippen LogP contribution in [0.4, 0.5) is 23.4 Å². The van der Waals surface area contributed by atoms with E-state index < -0.39 is 29.9 Å². The number of halogens is 4. The van der Waals surface area contributed by atoms with Crippen LogP contribution < -0.4 is 5.32 Å². The van der Waals surface area contributed by atoms with Gasteiger partial charge in [0, 0.05) is 6.07 Å². The molecule has 1 N–H and O–H groups in total. The summed E-state index contributed by atoms with van der Waals surface area (Å²) >= 11 is 0. The second kappa shape index (κ2) is 5.82. The summed E-state index contributed by atoms with van der Waals surface area (Å²) in [7, 11) is 0. The number of hydrogen-bond acceptors (Lipinski definition) is 4. The SMILES string of the molecule is C[C@@H](Nc1ccc2nnc(C(F)F)n2n1)c1cc(F)cc(F)c1. The van der Waals surface area contributed by atoms with Gasteiger partial charge in [0.2, 0.25) is 5.82 Å². The maximum absolute atomic E-state index is 13.2. The molecule has 1 atom stereocenters. The molecule has 3 aromatic rings. The lowest BCUT2D eigenvalue weighted by molar-refractivity contribution is 0.137. The summed E-state index contributed by atoms with van der Waals surface area (Å²) in [5.74, 6) is -1.73. The quantitative estimate of drug-likeness (QED) is 0.746. The average Bonchev–Trinajstić information content (AvgIpc) is 2.89. The molecule has 3 rings (SSSR count). The van der Waals surface area contributed by atoms with Crippen LogP contribution >= 0.6 is 0 Å². The number of rotatable bonds is 4. The van der Waals surface area contributed by atoms with Crippen molar-refractivity contribution in [2.45, 2.75) is 19.4 Å². The van der Waals surface area contributed by atoms with Gasteiger partial charge in [0.1, 0.15) is 17.5 Å². The second-order valence-electron chi connectivity index (χ2n) is 4.92. The fourth-order valence-corrected chi connectivity index (χ4v) is 2.15. The molecule has 0 spiro atoms. The molecular weight excluding hydrogens is 314 g/mol. The second-order valence-corrected chi connectivity index (χ2v) is 4.92. The Balaban J connectivity index is 1.89. The minimum Gasteiger partial charge on any atom is -0.362 e. The van der Waals surface area contributed by atoms with E-state index in [1.807, 2.05) is 0 Å². The van der Waals surface area contributed by atoms with Gasteiger partial charge >= 0.3 is 0 Å². The zero-order valence-electron chi connectivity index (χ0n) is 11.8. The van der Waals surface area contributed by atoms with Gasteiger partial charge in [-0.1, -0.05) is 0 Å². The standard InChI is InChI=1S/C14H11F4N5/c1-7(8-4-9(15)6-10(16)5-8)19-11-2-3-12-20-21-14(13(17)18)23(12)22-11/h2-7,13H,1H3,(H,19,22)/t7-/m1/s1. The van der Waals surface area contributed by atoms with Gasteiger partial charge in [-0.2, -0.15) is 4.52 Å². The van der Waals surface area contributed by atoms with E-state index in [2.05, 4.69) is 20.6 Å². The topological polar surface area (TPSA) is 55.1 Å². The van der Waals surface area contributed by atoms with E-state index in [1.54, 1.807) is 6.92 Å². The Kier molecular flexibility index (Phi) is 3.85. The maximum atomic E-state index is 13.2. The molecule has 5 nitrogen and oxygen atoms in total. The monoisotopic (exact) mass is 325 g/mol. The van der Waals surface area contributed by atoms with E-state index in [1.165, 1.54) is 24.3 Å². The number of nitrogens with zero attached hydrogens (tertiary/aromatic N) is 4. The summed E-state index contributed by atoms with van der Waals surface area (Å²) in [6.45, 7) is 1.67. The molecule has 0 aliphatic carbocycles. The van der Waals surface area contributed by atoms with Crippen LogP contribution in [0.2, 0.25) is 0 Å². The van der Waals surface area contributed by atoms with Crippen molar-refractivity contribution in [1.82, 2.24) is 19.8 Å². The summed E-state index contributed by atoms with van der Waals surface area (Å²) in [5.41, 5.74) is 0.539. The number of anilines is 1. The van der Waals surface area contributed by atoms with E-state index in [9.17, 15) is 17.6 Å². The molecule has 1 aromatic carbocycles. The van der Waals surface area contributed by atoms with Gasteiger partial charge in [-0.3, -0.25) is 0 Å². The molecular formula is C14H11F4N5. The molecule has 2 heterocycles. The highest BCUT2D eigenvalue weighted by Crippen LogP contribution is 2.21. The normalized spacial score (nSPS) is 12.8. The smallest absolute Gasteiger partial charge is 0.299 e. The molecule has 0 unspecified atom stereocenters. The van der Waals surface area contributed by atoms with E-state index >= 15 is 0 Å². The van der Waals surface area contributed by atoms with Crippen molar-refractivity contribution in [2.24, 2.45) is 0 Å². The van der Waals surface area contributed by atoms with Crippen molar-refractivity contribution >= 4 is 11.5 Å². The summed E-state index contributed by atoms with van der Waals surface area (Å²) in [5, 5.41) is 13.8. The van der Waals surface area contributed by atoms with Crippen LogP contribution in [0.25, 0.3) is 5.65 Å². The van der Waals surface area contributed by atoms with Crippen LogP contribution in [0.1, 0.15) is 30.8 Å². The zero-order chi connectivity index (χ0) is 16.6. The Bertz CT molecular complexity index is 828. The van der Waals surface area contributed by atoms with Gasteiger partial charge in [0.05, 0.1) is 6.04 Å². The van der Waals surface area contributed by atoms with Crippen molar-refractivity contribution in [2.75, 3.05) is 5.32 Å². The third kappa shape index (κ3) is 3.08. The van der Waals surface area contributed by atoms with Crippen molar-refractivity contribution in [3.63, 3.8) is 0 Å². The molecule has 2 aromatic heterocycles. The Labute approximate surface area is 128 Å². The third-order valence-corrected chi connectivity index (χ3v) is 3.23. The molecule has 23 heavy (non-hydrogen) atoms. The lowest BCUT2D eigenvalue weighted by Gasteiger charge is -2.15. The van der Waals surface area contributed by atoms with E-state index in [4.69, 9.17) is 0 Å². The van der Waals surface area contributed by atoms with Gasteiger partial charge in [-0.15, -0.1) is 15.3 Å². The molecule has 0 aliphatic rings. The Hall–Kier alpha value is -2.71. The van der Waals surface area contributed by atoms with Crippen molar-refractivity contribution in [3.05, 3.63) is 53.4 Å². The van der Waals surface area contributed by atoms with Gasteiger partial charge in [0.25, 0.3) is 6.43 Å². The van der Waals surface area contributed by atoms with Crippen LogP contribution in [0.15, 0.2) is 30.3 Å². The molecule has 0 saturated carbocycles. The lowest BCUT2D eigenvalue weighted by Crippen LogP contribution is -2.11. The molecule has 0 bridgehead atoms. The molecule has 9 heteroatoms. The Morgan fingerprint density at radius 2 is 1.74 bits per heavy atom. The Morgan fingerprint density at radius 1 is 1.04 bits per heavy atom. The first kappa shape index (κ1) is 15.2. The Morgan fingerprint density at radius 3 is 2.39 bits per heavy atom. The average molecular weight is 325 g/mol. The van der Waals surface area contributed by atoms with Gasteiger partial charge in [0.15, 0.2) is 5.65 Å². The predicted molar refractivity (Wildman–Crippen MR) is 74.1 cm³/mol. The minimum absolute atomic E-state index is 0.176. The lowest BCUT2D eigenvalue weighted by atomic mass is 10.1. The van der Waals surface area contributed by atoms with E-state index in [0.717, 1.165) is 10.6 Å². The van der Waals surface area contributed by atoms with Gasteiger partial charge < -0.3 is 5.32 Å². The first-order chi connectivity index (χ1) is 10.9. The van der Waals surface area contributed by atoms with Crippen LogP contribution in [0.5, 0.6) is 0 Å². The highest BCUT2D eigenvalue weighted by atomic mass is 19.3. The van der Waals surface area contributed by atoms with Crippen molar-refractivity contribution < 1.29 is 17.6 Å². The summed E-state index contributed by atoms with van der Waals surface area (Å²) in [6.07, 6.45) is -2.82. The van der Waals surface area contributed by atoms with Crippen LogP contribution in [-0.4, -0.2) is 19.8 Å². The first-order valence-corrected chi connectivity index (χ1v) is 6.67. The largest absolute Gasteiger partial charge is 0.362 e. The maximum Gasteiger partial charge on any atom is 0.299 e. The fraction of sp³-hybridized carbons (Fsp3) is 0.214. The van der Waals surface area contributed by atoms with Crippen molar-refractivity contribution in [3.8, 4) is 0 Å². The number of nitrogens with one attached hydrogen (secondary N) is 1. The number of fused-ring (bicyclic) bond motifs is 1. The molecule has 0 amide bonds. The number of hydrogen-bond donors (Lipinski definition) is 1. The predicted octanol–water partition coefficient (Wildman–Crippen LogP) is 3.51. The van der Waals surface area contributed by atoms with E-state index in [-0.39, 0.29) is 11.5 Å². The molecule has 0 aliphatic heterocycles. The summed E-state index contributed by atoms with van der Waals surface area (Å²) in [4.78, 5) is 0. The van der Waals surface area contributed by atoms with E-state index in [0.29, 0.717) is 5.56 Å². The number of benzene rings is 1. The van der Waals surface area contributed by atoms with Crippen LogP contribution in [-0.2, 0) is 0 Å².